The van der Waals surface area contributed by atoms with Gasteiger partial charge < -0.3 is 29.9 Å². The van der Waals surface area contributed by atoms with Gasteiger partial charge in [-0.05, 0) is 48.9 Å². The first kappa shape index (κ1) is 32.1. The van der Waals surface area contributed by atoms with Crippen LogP contribution < -0.4 is 20.3 Å². The molecule has 2 aromatic carbocycles. The molecular formula is C33H38FN9O4. The summed E-state index contributed by atoms with van der Waals surface area (Å²) in [6, 6.07) is 15.9. The number of nitrogens with zero attached hydrogens (tertiary/aromatic N) is 7. The lowest BCUT2D eigenvalue weighted by Gasteiger charge is -2.43. The highest BCUT2D eigenvalue weighted by Gasteiger charge is 2.31. The Balaban J connectivity index is 0.000000580. The van der Waals surface area contributed by atoms with Crippen molar-refractivity contribution in [3.63, 3.8) is 0 Å². The minimum Gasteiger partial charge on any atom is -0.486 e. The summed E-state index contributed by atoms with van der Waals surface area (Å²) in [5, 5.41) is 15.6. The van der Waals surface area contributed by atoms with E-state index >= 15 is 0 Å². The number of aromatic nitrogens is 3. The number of hydrogen-bond acceptors (Lipinski definition) is 11. The van der Waals surface area contributed by atoms with Crippen LogP contribution >= 0.6 is 0 Å². The first-order valence-electron chi connectivity index (χ1n) is 15.9. The number of halogens is 1. The Morgan fingerprint density at radius 3 is 2.51 bits per heavy atom. The number of benzene rings is 2. The standard InChI is InChI=1S/C29H31FN8O3.C4H7NO/c30-25-15-36(19-39)8-7-27(25)41-26-6-1-20(13-21(26)14-31)28-32-18-33-29(35-28)34-22-2-4-23(5-3-22)37-9-11-38(12-10-37)24-16-40-17-24;6-4-2-1-3-5-4/h1-6,13,18-19,24-25,27H,7-12,15-17H2,(H,32,33,34,35);1-3H2,(H,5,6)/t25-,27?;/m1./s1. The molecule has 7 rings (SSSR count). The normalized spacial score (nSPS) is 21.5. The summed E-state index contributed by atoms with van der Waals surface area (Å²) in [4.78, 5) is 40.4. The minimum atomic E-state index is -1.33. The molecule has 246 valence electrons. The Bertz CT molecular complexity index is 1570. The number of anilines is 3. The Morgan fingerprint density at radius 2 is 1.89 bits per heavy atom. The average molecular weight is 644 g/mol. The van der Waals surface area contributed by atoms with E-state index in [0.29, 0.717) is 42.8 Å². The molecule has 1 unspecified atom stereocenters. The third-order valence-corrected chi connectivity index (χ3v) is 8.71. The highest BCUT2D eigenvalue weighted by Crippen LogP contribution is 2.29. The number of carbonyl (C=O) groups is 2. The maximum absolute atomic E-state index is 14.5. The minimum absolute atomic E-state index is 0.0228. The number of hydrogen-bond donors (Lipinski definition) is 2. The molecule has 2 atom stereocenters. The number of piperazine rings is 1. The van der Waals surface area contributed by atoms with Crippen LogP contribution in [0.2, 0.25) is 0 Å². The van der Waals surface area contributed by atoms with Gasteiger partial charge in [-0.3, -0.25) is 14.5 Å². The number of nitrogens with one attached hydrogen (secondary N) is 2. The van der Waals surface area contributed by atoms with Gasteiger partial charge in [0.25, 0.3) is 0 Å². The van der Waals surface area contributed by atoms with Crippen molar-refractivity contribution >= 4 is 29.6 Å². The zero-order valence-electron chi connectivity index (χ0n) is 26.1. The third kappa shape index (κ3) is 8.11. The van der Waals surface area contributed by atoms with Gasteiger partial charge in [0.05, 0.1) is 31.4 Å². The van der Waals surface area contributed by atoms with E-state index in [-0.39, 0.29) is 23.8 Å². The van der Waals surface area contributed by atoms with Crippen molar-refractivity contribution in [1.82, 2.24) is 30.1 Å². The molecule has 2 N–H and O–H groups in total. The zero-order valence-corrected chi connectivity index (χ0v) is 26.1. The summed E-state index contributed by atoms with van der Waals surface area (Å²) < 4.78 is 25.7. The summed E-state index contributed by atoms with van der Waals surface area (Å²) in [5.74, 6) is 1.25. The summed E-state index contributed by atoms with van der Waals surface area (Å²) in [6.45, 7) is 7.03. The molecule has 47 heavy (non-hydrogen) atoms. The van der Waals surface area contributed by atoms with Crippen molar-refractivity contribution in [2.24, 2.45) is 0 Å². The van der Waals surface area contributed by atoms with Crippen molar-refractivity contribution in [3.05, 3.63) is 54.4 Å². The average Bonchev–Trinajstić information content (AvgIpc) is 3.57. The van der Waals surface area contributed by atoms with Crippen molar-refractivity contribution in [2.75, 3.05) is 69.2 Å². The molecule has 3 aromatic rings. The molecule has 0 saturated carbocycles. The Kier molecular flexibility index (Phi) is 10.3. The number of alkyl halides is 1. The van der Waals surface area contributed by atoms with E-state index in [1.807, 2.05) is 12.1 Å². The molecule has 0 spiro atoms. The van der Waals surface area contributed by atoms with E-state index in [1.165, 1.54) is 16.9 Å². The van der Waals surface area contributed by atoms with E-state index < -0.39 is 12.3 Å². The summed E-state index contributed by atoms with van der Waals surface area (Å²) >= 11 is 0. The highest BCUT2D eigenvalue weighted by molar-refractivity contribution is 5.77. The molecule has 4 fully saturated rings. The number of nitriles is 1. The molecular weight excluding hydrogens is 605 g/mol. The van der Waals surface area contributed by atoms with Gasteiger partial charge in [0.1, 0.15) is 24.3 Å². The smallest absolute Gasteiger partial charge is 0.230 e. The number of amides is 2. The predicted molar refractivity (Wildman–Crippen MR) is 172 cm³/mol. The van der Waals surface area contributed by atoms with Gasteiger partial charge in [-0.25, -0.2) is 14.4 Å². The van der Waals surface area contributed by atoms with Crippen molar-refractivity contribution in [1.29, 1.82) is 5.26 Å². The lowest BCUT2D eigenvalue weighted by atomic mass is 10.1. The van der Waals surface area contributed by atoms with Gasteiger partial charge in [0.2, 0.25) is 18.3 Å². The Labute approximate surface area is 272 Å². The molecule has 5 heterocycles. The number of piperidine rings is 1. The van der Waals surface area contributed by atoms with Crippen LogP contribution in [0.1, 0.15) is 24.8 Å². The second-order valence-electron chi connectivity index (χ2n) is 11.9. The molecule has 4 aliphatic rings. The molecule has 1 aromatic heterocycles. The molecule has 4 saturated heterocycles. The maximum atomic E-state index is 14.5. The van der Waals surface area contributed by atoms with Gasteiger partial charge in [0.15, 0.2) is 12.0 Å². The third-order valence-electron chi connectivity index (χ3n) is 8.71. The highest BCUT2D eigenvalue weighted by atomic mass is 19.1. The van der Waals surface area contributed by atoms with Crippen molar-refractivity contribution in [2.45, 2.75) is 37.6 Å². The van der Waals surface area contributed by atoms with Crippen molar-refractivity contribution in [3.8, 4) is 23.2 Å². The van der Waals surface area contributed by atoms with Gasteiger partial charge >= 0.3 is 0 Å². The lowest BCUT2D eigenvalue weighted by Crippen LogP contribution is -2.56. The molecule has 2 amide bonds. The molecule has 14 heteroatoms. The largest absolute Gasteiger partial charge is 0.486 e. The summed E-state index contributed by atoms with van der Waals surface area (Å²) in [5.41, 5.74) is 2.88. The van der Waals surface area contributed by atoms with Gasteiger partial charge in [-0.15, -0.1) is 0 Å². The number of ether oxygens (including phenoxy) is 2. The Morgan fingerprint density at radius 1 is 1.09 bits per heavy atom. The van der Waals surface area contributed by atoms with E-state index in [1.54, 1.807) is 18.2 Å². The zero-order chi connectivity index (χ0) is 32.6. The molecule has 0 aliphatic carbocycles. The topological polar surface area (TPSA) is 149 Å². The predicted octanol–water partition coefficient (Wildman–Crippen LogP) is 2.52. The first-order valence-corrected chi connectivity index (χ1v) is 15.9. The van der Waals surface area contributed by atoms with Gasteiger partial charge in [-0.1, -0.05) is 0 Å². The maximum Gasteiger partial charge on any atom is 0.230 e. The number of likely N-dealkylation sites (tertiary alicyclic amines) is 1. The van der Waals surface area contributed by atoms with Crippen LogP contribution in [-0.4, -0.2) is 114 Å². The van der Waals surface area contributed by atoms with Crippen LogP contribution in [0.5, 0.6) is 5.75 Å². The Hall–Kier alpha value is -4.87. The van der Waals surface area contributed by atoms with Crippen LogP contribution in [0.25, 0.3) is 11.4 Å². The first-order chi connectivity index (χ1) is 23.0. The van der Waals surface area contributed by atoms with E-state index in [2.05, 4.69) is 53.6 Å². The fraction of sp³-hybridized carbons (Fsp3) is 0.455. The number of carbonyl (C=O) groups excluding carboxylic acids is 2. The van der Waals surface area contributed by atoms with E-state index in [4.69, 9.17) is 9.47 Å². The fourth-order valence-electron chi connectivity index (χ4n) is 5.88. The van der Waals surface area contributed by atoms with Gasteiger partial charge in [-0.2, -0.15) is 10.2 Å². The molecule has 0 bridgehead atoms. The number of rotatable bonds is 8. The molecule has 4 aliphatic heterocycles. The lowest BCUT2D eigenvalue weighted by molar-refractivity contribution is -0.121. The second-order valence-corrected chi connectivity index (χ2v) is 11.9. The van der Waals surface area contributed by atoms with Crippen LogP contribution in [0.3, 0.4) is 0 Å². The molecule has 13 nitrogen and oxygen atoms in total. The quantitative estimate of drug-likeness (QED) is 0.349. The van der Waals surface area contributed by atoms with Crippen LogP contribution in [0, 0.1) is 11.3 Å². The van der Waals surface area contributed by atoms with Crippen molar-refractivity contribution < 1.29 is 23.5 Å². The van der Waals surface area contributed by atoms with Crippen LogP contribution in [-0.2, 0) is 14.3 Å². The summed E-state index contributed by atoms with van der Waals surface area (Å²) in [6.07, 6.45) is 2.11. The second kappa shape index (κ2) is 15.1. The van der Waals surface area contributed by atoms with Crippen LogP contribution in [0.15, 0.2) is 48.8 Å². The SMILES string of the molecule is N#Cc1cc(-c2ncnc(Nc3ccc(N4CCN(C5COC5)CC4)cc3)n2)ccc1OC1CCN(C=O)C[C@H]1F.O=C1CCCN1. The molecule has 0 radical (unpaired) electrons. The monoisotopic (exact) mass is 643 g/mol. The van der Waals surface area contributed by atoms with Gasteiger partial charge in [0, 0.05) is 69.0 Å². The summed E-state index contributed by atoms with van der Waals surface area (Å²) in [7, 11) is 0. The van der Waals surface area contributed by atoms with E-state index in [0.717, 1.165) is 64.5 Å². The fourth-order valence-corrected chi connectivity index (χ4v) is 5.88. The van der Waals surface area contributed by atoms with Crippen LogP contribution in [0.4, 0.5) is 21.7 Å². The van der Waals surface area contributed by atoms with E-state index in [9.17, 15) is 19.2 Å².